The van der Waals surface area contributed by atoms with Crippen molar-refractivity contribution in [3.63, 3.8) is 0 Å². The summed E-state index contributed by atoms with van der Waals surface area (Å²) >= 11 is 1.81. The zero-order valence-corrected chi connectivity index (χ0v) is 15.8. The molecule has 3 rings (SSSR count). The second-order valence-electron chi connectivity index (χ2n) is 6.35. The minimum Gasteiger partial charge on any atom is -0.479 e. The number of aromatic nitrogens is 2. The lowest BCUT2D eigenvalue weighted by Gasteiger charge is -2.31. The molecule has 0 saturated heterocycles. The van der Waals surface area contributed by atoms with Gasteiger partial charge in [0.2, 0.25) is 0 Å². The van der Waals surface area contributed by atoms with Crippen molar-refractivity contribution in [3.05, 3.63) is 40.9 Å². The van der Waals surface area contributed by atoms with Gasteiger partial charge < -0.3 is 19.4 Å². The first-order chi connectivity index (χ1) is 12.5. The van der Waals surface area contributed by atoms with Gasteiger partial charge in [0.25, 0.3) is 5.91 Å². The normalized spacial score (nSPS) is 16.5. The van der Waals surface area contributed by atoms with E-state index in [1.807, 2.05) is 18.7 Å². The fourth-order valence-corrected chi connectivity index (χ4v) is 4.23. The van der Waals surface area contributed by atoms with Crippen LogP contribution in [0.5, 0.6) is 0 Å². The number of H-pyrrole nitrogens is 1. The molecule has 0 spiro atoms. The number of furan rings is 1. The Morgan fingerprint density at radius 3 is 3.04 bits per heavy atom. The number of rotatable bonds is 7. The SMILES string of the molecule is CCCCSCc1cc(C(=O)N2CCc3[nH]cnc3[C@H]2C(=O)O)oc1C. The average molecular weight is 377 g/mol. The van der Waals surface area contributed by atoms with E-state index >= 15 is 0 Å². The monoisotopic (exact) mass is 377 g/mol. The van der Waals surface area contributed by atoms with Crippen molar-refractivity contribution in [1.82, 2.24) is 14.9 Å². The summed E-state index contributed by atoms with van der Waals surface area (Å²) in [5.41, 5.74) is 2.15. The number of fused-ring (bicyclic) bond motifs is 1. The highest BCUT2D eigenvalue weighted by Crippen LogP contribution is 2.30. The lowest BCUT2D eigenvalue weighted by atomic mass is 10.0. The number of hydrogen-bond donors (Lipinski definition) is 2. The third-order valence-corrected chi connectivity index (χ3v) is 5.64. The van der Waals surface area contributed by atoms with Crippen LogP contribution in [-0.2, 0) is 17.0 Å². The quantitative estimate of drug-likeness (QED) is 0.719. The summed E-state index contributed by atoms with van der Waals surface area (Å²) in [5.74, 6) is 1.26. The van der Waals surface area contributed by atoms with Gasteiger partial charge in [0.1, 0.15) is 5.76 Å². The Labute approximate surface area is 156 Å². The third kappa shape index (κ3) is 3.65. The molecular weight excluding hydrogens is 354 g/mol. The van der Waals surface area contributed by atoms with Crippen LogP contribution in [0, 0.1) is 6.92 Å². The molecule has 1 aliphatic heterocycles. The molecular formula is C18H23N3O4S. The van der Waals surface area contributed by atoms with Gasteiger partial charge in [-0.3, -0.25) is 4.79 Å². The molecule has 0 fully saturated rings. The van der Waals surface area contributed by atoms with Gasteiger partial charge in [-0.05, 0) is 25.2 Å². The van der Waals surface area contributed by atoms with E-state index in [0.717, 1.165) is 35.6 Å². The van der Waals surface area contributed by atoms with Crippen molar-refractivity contribution in [2.75, 3.05) is 12.3 Å². The number of thioether (sulfide) groups is 1. The molecule has 140 valence electrons. The lowest BCUT2D eigenvalue weighted by Crippen LogP contribution is -2.43. The number of aromatic amines is 1. The number of imidazole rings is 1. The molecule has 1 aliphatic rings. The maximum Gasteiger partial charge on any atom is 0.332 e. The van der Waals surface area contributed by atoms with Gasteiger partial charge in [-0.1, -0.05) is 13.3 Å². The molecule has 7 nitrogen and oxygen atoms in total. The minimum absolute atomic E-state index is 0.193. The summed E-state index contributed by atoms with van der Waals surface area (Å²) in [6, 6.07) is 0.653. The molecule has 0 radical (unpaired) electrons. The Morgan fingerprint density at radius 1 is 1.50 bits per heavy atom. The number of nitrogens with zero attached hydrogens (tertiary/aromatic N) is 2. The van der Waals surface area contributed by atoms with E-state index in [1.165, 1.54) is 11.2 Å². The number of hydrogen-bond acceptors (Lipinski definition) is 5. The summed E-state index contributed by atoms with van der Waals surface area (Å²) in [6.45, 7) is 4.30. The summed E-state index contributed by atoms with van der Waals surface area (Å²) in [6.07, 6.45) is 4.33. The van der Waals surface area contributed by atoms with Gasteiger partial charge in [0.05, 0.1) is 12.0 Å². The fourth-order valence-electron chi connectivity index (χ4n) is 3.08. The molecule has 0 unspecified atom stereocenters. The highest BCUT2D eigenvalue weighted by molar-refractivity contribution is 7.98. The molecule has 0 saturated carbocycles. The van der Waals surface area contributed by atoms with Crippen LogP contribution < -0.4 is 0 Å². The molecule has 2 aromatic heterocycles. The van der Waals surface area contributed by atoms with E-state index in [1.54, 1.807) is 6.07 Å². The number of aryl methyl sites for hydroxylation is 1. The molecule has 26 heavy (non-hydrogen) atoms. The van der Waals surface area contributed by atoms with Gasteiger partial charge in [0.15, 0.2) is 11.8 Å². The van der Waals surface area contributed by atoms with E-state index in [2.05, 4.69) is 16.9 Å². The molecule has 0 aromatic carbocycles. The zero-order valence-electron chi connectivity index (χ0n) is 14.9. The smallest absolute Gasteiger partial charge is 0.332 e. The van der Waals surface area contributed by atoms with Crippen molar-refractivity contribution < 1.29 is 19.1 Å². The molecule has 0 aliphatic carbocycles. The number of amides is 1. The summed E-state index contributed by atoms with van der Waals surface area (Å²) < 4.78 is 5.66. The van der Waals surface area contributed by atoms with Crippen molar-refractivity contribution >= 4 is 23.6 Å². The number of carbonyl (C=O) groups excluding carboxylic acids is 1. The predicted molar refractivity (Wildman–Crippen MR) is 98.2 cm³/mol. The minimum atomic E-state index is -1.09. The van der Waals surface area contributed by atoms with Crippen molar-refractivity contribution in [2.24, 2.45) is 0 Å². The van der Waals surface area contributed by atoms with E-state index in [-0.39, 0.29) is 5.76 Å². The van der Waals surface area contributed by atoms with E-state index < -0.39 is 17.9 Å². The van der Waals surface area contributed by atoms with Crippen LogP contribution in [0.15, 0.2) is 16.8 Å². The number of carbonyl (C=O) groups is 2. The highest BCUT2D eigenvalue weighted by atomic mass is 32.2. The van der Waals surface area contributed by atoms with Crippen molar-refractivity contribution in [2.45, 2.75) is 44.9 Å². The van der Waals surface area contributed by atoms with Gasteiger partial charge in [0, 0.05) is 30.0 Å². The summed E-state index contributed by atoms with van der Waals surface area (Å²) in [5, 5.41) is 9.61. The fraction of sp³-hybridized carbons (Fsp3) is 0.500. The molecule has 1 amide bonds. The first kappa shape index (κ1) is 18.6. The first-order valence-corrected chi connectivity index (χ1v) is 9.91. The van der Waals surface area contributed by atoms with Crippen molar-refractivity contribution in [1.29, 1.82) is 0 Å². The zero-order chi connectivity index (χ0) is 18.7. The highest BCUT2D eigenvalue weighted by Gasteiger charge is 2.39. The maximum absolute atomic E-state index is 12.9. The number of carboxylic acids is 1. The molecule has 0 bridgehead atoms. The number of carboxylic acid groups (broad SMARTS) is 1. The first-order valence-electron chi connectivity index (χ1n) is 8.75. The van der Waals surface area contributed by atoms with Crippen LogP contribution in [0.3, 0.4) is 0 Å². The van der Waals surface area contributed by atoms with E-state index in [9.17, 15) is 14.7 Å². The number of unbranched alkanes of at least 4 members (excludes halogenated alkanes) is 1. The van der Waals surface area contributed by atoms with Crippen LogP contribution in [0.25, 0.3) is 0 Å². The molecule has 8 heteroatoms. The molecule has 2 N–H and O–H groups in total. The third-order valence-electron chi connectivity index (χ3n) is 4.55. The summed E-state index contributed by atoms with van der Waals surface area (Å²) in [7, 11) is 0. The second kappa shape index (κ2) is 7.99. The van der Waals surface area contributed by atoms with E-state index in [0.29, 0.717) is 24.4 Å². The van der Waals surface area contributed by atoms with Crippen molar-refractivity contribution in [3.8, 4) is 0 Å². The van der Waals surface area contributed by atoms with Crippen LogP contribution in [0.4, 0.5) is 0 Å². The Morgan fingerprint density at radius 2 is 2.31 bits per heavy atom. The van der Waals surface area contributed by atoms with Crippen LogP contribution in [0.2, 0.25) is 0 Å². The van der Waals surface area contributed by atoms with Gasteiger partial charge >= 0.3 is 5.97 Å². The predicted octanol–water partition coefficient (Wildman–Crippen LogP) is 3.17. The Bertz CT molecular complexity index is 798. The average Bonchev–Trinajstić information content (AvgIpc) is 3.23. The maximum atomic E-state index is 12.9. The topological polar surface area (TPSA) is 99.4 Å². The van der Waals surface area contributed by atoms with Crippen LogP contribution >= 0.6 is 11.8 Å². The standard InChI is InChI=1S/C18H23N3O4S/c1-3-4-7-26-9-12-8-14(25-11(12)2)17(22)21-6-5-13-15(20-10-19-13)16(21)18(23)24/h8,10,16H,3-7,9H2,1-2H3,(H,19,20)(H,23,24)/t16-/m0/s1. The summed E-state index contributed by atoms with van der Waals surface area (Å²) in [4.78, 5) is 33.0. The second-order valence-corrected chi connectivity index (χ2v) is 7.46. The van der Waals surface area contributed by atoms with Gasteiger partial charge in [-0.15, -0.1) is 0 Å². The van der Waals surface area contributed by atoms with Gasteiger partial charge in [-0.2, -0.15) is 11.8 Å². The Hall–Kier alpha value is -2.22. The number of nitrogens with one attached hydrogen (secondary N) is 1. The van der Waals surface area contributed by atoms with Crippen LogP contribution in [0.1, 0.15) is 59.1 Å². The molecule has 2 aromatic rings. The molecule has 1 atom stereocenters. The number of aliphatic carboxylic acids is 1. The van der Waals surface area contributed by atoms with Gasteiger partial charge in [-0.25, -0.2) is 9.78 Å². The largest absolute Gasteiger partial charge is 0.479 e. The van der Waals surface area contributed by atoms with E-state index in [4.69, 9.17) is 4.42 Å². The van der Waals surface area contributed by atoms with Crippen LogP contribution in [-0.4, -0.2) is 44.1 Å². The Balaban J connectivity index is 1.77. The lowest BCUT2D eigenvalue weighted by molar-refractivity contribution is -0.143. The Kier molecular flexibility index (Phi) is 5.70. The molecule has 3 heterocycles.